The van der Waals surface area contributed by atoms with Gasteiger partial charge in [0.1, 0.15) is 17.9 Å². The molecule has 0 fully saturated rings. The summed E-state index contributed by atoms with van der Waals surface area (Å²) in [5.74, 6) is 0.867. The van der Waals surface area contributed by atoms with Crippen molar-refractivity contribution < 1.29 is 9.53 Å². The van der Waals surface area contributed by atoms with Crippen molar-refractivity contribution in [2.24, 2.45) is 7.05 Å². The minimum absolute atomic E-state index is 0.308. The van der Waals surface area contributed by atoms with Crippen LogP contribution in [0.15, 0.2) is 61.6 Å². The van der Waals surface area contributed by atoms with Crippen LogP contribution in [0.1, 0.15) is 0 Å². The lowest BCUT2D eigenvalue weighted by Gasteiger charge is -2.19. The molecule has 1 amide bonds. The molecule has 0 atom stereocenters. The number of likely N-dealkylation sites (N-methyl/N-ethyl adjacent to an activating group) is 1. The largest absolute Gasteiger partial charge is 0.494 e. The third kappa shape index (κ3) is 5.61. The average Bonchev–Trinajstić information content (AvgIpc) is 3.25. The summed E-state index contributed by atoms with van der Waals surface area (Å²) in [5.41, 5.74) is 4.74. The highest BCUT2D eigenvalue weighted by atomic mass is 16.5. The van der Waals surface area contributed by atoms with Gasteiger partial charge in [0.15, 0.2) is 0 Å². The van der Waals surface area contributed by atoms with E-state index in [1.54, 1.807) is 7.11 Å². The Hall–Kier alpha value is -4.44. The first-order valence-electron chi connectivity index (χ1n) is 11.4. The van der Waals surface area contributed by atoms with E-state index < -0.39 is 0 Å². The van der Waals surface area contributed by atoms with Crippen molar-refractivity contribution in [3.05, 3.63) is 61.6 Å². The van der Waals surface area contributed by atoms with Crippen molar-refractivity contribution in [1.29, 1.82) is 0 Å². The number of methoxy groups -OCH3 is 1. The van der Waals surface area contributed by atoms with Gasteiger partial charge in [0.2, 0.25) is 5.91 Å². The zero-order chi connectivity index (χ0) is 25.7. The van der Waals surface area contributed by atoms with Gasteiger partial charge in [-0.3, -0.25) is 9.48 Å². The predicted octanol–water partition coefficient (Wildman–Crippen LogP) is 3.88. The maximum atomic E-state index is 12.1. The number of ether oxygens (including phenoxy) is 1. The quantitative estimate of drug-likeness (QED) is 0.290. The Morgan fingerprint density at radius 2 is 1.97 bits per heavy atom. The van der Waals surface area contributed by atoms with Gasteiger partial charge in [-0.25, -0.2) is 9.97 Å². The van der Waals surface area contributed by atoms with Crippen LogP contribution in [0.5, 0.6) is 5.75 Å². The highest BCUT2D eigenvalue weighted by molar-refractivity contribution is 6.02. The molecule has 3 N–H and O–H groups in total. The van der Waals surface area contributed by atoms with E-state index in [2.05, 4.69) is 42.5 Å². The van der Waals surface area contributed by atoms with Crippen molar-refractivity contribution in [2.75, 3.05) is 50.2 Å². The van der Waals surface area contributed by atoms with Crippen molar-refractivity contribution in [3.63, 3.8) is 0 Å². The maximum absolute atomic E-state index is 12.1. The molecule has 0 unspecified atom stereocenters. The summed E-state index contributed by atoms with van der Waals surface area (Å²) in [6.07, 6.45) is 4.57. The van der Waals surface area contributed by atoms with Crippen molar-refractivity contribution >= 4 is 39.7 Å². The Kier molecular flexibility index (Phi) is 7.45. The average molecular weight is 487 g/mol. The molecule has 36 heavy (non-hydrogen) atoms. The number of aromatic nitrogens is 4. The van der Waals surface area contributed by atoms with Gasteiger partial charge in [-0.15, -0.1) is 0 Å². The molecule has 10 heteroatoms. The van der Waals surface area contributed by atoms with Crippen LogP contribution in [0, 0.1) is 0 Å². The third-order valence-electron chi connectivity index (χ3n) is 5.63. The lowest BCUT2D eigenvalue weighted by atomic mass is 10.1. The molecule has 0 aliphatic carbocycles. The van der Waals surface area contributed by atoms with E-state index in [1.807, 2.05) is 68.4 Å². The summed E-state index contributed by atoms with van der Waals surface area (Å²) < 4.78 is 7.47. The number of carbonyl (C=O) groups is 1. The molecule has 4 aromatic rings. The van der Waals surface area contributed by atoms with E-state index in [0.717, 1.165) is 34.4 Å². The van der Waals surface area contributed by atoms with E-state index in [4.69, 9.17) is 4.74 Å². The smallest absolute Gasteiger partial charge is 0.247 e. The molecule has 0 spiro atoms. The number of nitrogens with one attached hydrogen (secondary N) is 3. The van der Waals surface area contributed by atoms with Gasteiger partial charge in [0.05, 0.1) is 41.6 Å². The molecule has 186 valence electrons. The molecule has 0 radical (unpaired) electrons. The van der Waals surface area contributed by atoms with Crippen molar-refractivity contribution in [2.45, 2.75) is 0 Å². The molecule has 2 heterocycles. The number of anilines is 4. The standard InChI is InChI=1S/C26H30N8O2/c1-6-26(35)32-21-12-22(24(36-5)13-20(21)27-9-10-33(2)3)31-25-14-19(28-16-29-25)17-7-8-23-18(11-17)15-30-34(23)4/h6-8,11-16,27H,1,9-10H2,2-5H3,(H,32,35)(H,28,29,31). The molecular weight excluding hydrogens is 456 g/mol. The summed E-state index contributed by atoms with van der Waals surface area (Å²) in [6.45, 7) is 5.07. The first kappa shape index (κ1) is 24.7. The van der Waals surface area contributed by atoms with Crippen LogP contribution in [0.3, 0.4) is 0 Å². The SMILES string of the molecule is C=CC(=O)Nc1cc(Nc2cc(-c3ccc4c(cnn4C)c3)ncn2)c(OC)cc1NCCN(C)C. The fourth-order valence-corrected chi connectivity index (χ4v) is 3.74. The number of hydrogen-bond donors (Lipinski definition) is 3. The number of nitrogens with zero attached hydrogens (tertiary/aromatic N) is 5. The van der Waals surface area contributed by atoms with Crippen LogP contribution in [0.4, 0.5) is 22.9 Å². The minimum Gasteiger partial charge on any atom is -0.494 e. The Morgan fingerprint density at radius 1 is 1.14 bits per heavy atom. The van der Waals surface area contributed by atoms with Gasteiger partial charge in [0.25, 0.3) is 0 Å². The summed E-state index contributed by atoms with van der Waals surface area (Å²) in [4.78, 5) is 23.0. The van der Waals surface area contributed by atoms with Gasteiger partial charge in [-0.1, -0.05) is 12.6 Å². The Balaban J connectivity index is 1.64. The van der Waals surface area contributed by atoms with Crippen LogP contribution in [0.25, 0.3) is 22.2 Å². The van der Waals surface area contributed by atoms with Crippen molar-refractivity contribution in [3.8, 4) is 17.0 Å². The number of benzene rings is 2. The second-order valence-electron chi connectivity index (χ2n) is 8.48. The first-order valence-corrected chi connectivity index (χ1v) is 11.4. The zero-order valence-electron chi connectivity index (χ0n) is 20.9. The van der Waals surface area contributed by atoms with Crippen LogP contribution < -0.4 is 20.7 Å². The molecule has 2 aromatic heterocycles. The number of fused-ring (bicyclic) bond motifs is 1. The number of carbonyl (C=O) groups excluding carboxylic acids is 1. The van der Waals surface area contributed by atoms with Crippen LogP contribution in [-0.4, -0.2) is 64.9 Å². The van der Waals surface area contributed by atoms with E-state index in [9.17, 15) is 4.79 Å². The molecule has 0 aliphatic rings. The minimum atomic E-state index is -0.308. The molecule has 0 aliphatic heterocycles. The first-order chi connectivity index (χ1) is 17.4. The zero-order valence-corrected chi connectivity index (χ0v) is 20.9. The molecule has 0 saturated heterocycles. The number of rotatable bonds is 10. The summed E-state index contributed by atoms with van der Waals surface area (Å²) in [5, 5.41) is 14.9. The van der Waals surface area contributed by atoms with Gasteiger partial charge < -0.3 is 25.6 Å². The molecule has 2 aromatic carbocycles. The third-order valence-corrected chi connectivity index (χ3v) is 5.63. The Bertz CT molecular complexity index is 1400. The van der Waals surface area contributed by atoms with E-state index in [-0.39, 0.29) is 5.91 Å². The number of hydrogen-bond acceptors (Lipinski definition) is 8. The van der Waals surface area contributed by atoms with Gasteiger partial charge in [-0.05, 0) is 38.4 Å². The molecule has 0 bridgehead atoms. The second-order valence-corrected chi connectivity index (χ2v) is 8.48. The van der Waals surface area contributed by atoms with Gasteiger partial charge in [-0.2, -0.15) is 5.10 Å². The number of amides is 1. The monoisotopic (exact) mass is 486 g/mol. The van der Waals surface area contributed by atoms with Crippen LogP contribution in [0.2, 0.25) is 0 Å². The second kappa shape index (κ2) is 10.9. The molecule has 4 rings (SSSR count). The molecule has 0 saturated carbocycles. The lowest BCUT2D eigenvalue weighted by Crippen LogP contribution is -2.21. The fourth-order valence-electron chi connectivity index (χ4n) is 3.74. The van der Waals surface area contributed by atoms with Gasteiger partial charge in [0, 0.05) is 43.2 Å². The predicted molar refractivity (Wildman–Crippen MR) is 144 cm³/mol. The van der Waals surface area contributed by atoms with Crippen LogP contribution in [-0.2, 0) is 11.8 Å². The Morgan fingerprint density at radius 3 is 2.72 bits per heavy atom. The topological polar surface area (TPSA) is 109 Å². The Labute approximate surface area is 210 Å². The van der Waals surface area contributed by atoms with Gasteiger partial charge >= 0.3 is 0 Å². The van der Waals surface area contributed by atoms with E-state index >= 15 is 0 Å². The van der Waals surface area contributed by atoms with Crippen molar-refractivity contribution in [1.82, 2.24) is 24.6 Å². The summed E-state index contributed by atoms with van der Waals surface area (Å²) in [6, 6.07) is 11.6. The maximum Gasteiger partial charge on any atom is 0.247 e. The molecule has 10 nitrogen and oxygen atoms in total. The molecular formula is C26H30N8O2. The van der Waals surface area contributed by atoms with E-state index in [0.29, 0.717) is 29.5 Å². The van der Waals surface area contributed by atoms with E-state index in [1.165, 1.54) is 12.4 Å². The fraction of sp³-hybridized carbons (Fsp3) is 0.231. The van der Waals surface area contributed by atoms with Crippen LogP contribution >= 0.6 is 0 Å². The number of aryl methyl sites for hydroxylation is 1. The highest BCUT2D eigenvalue weighted by Gasteiger charge is 2.14. The highest BCUT2D eigenvalue weighted by Crippen LogP contribution is 2.37. The lowest BCUT2D eigenvalue weighted by molar-refractivity contribution is -0.111. The normalized spacial score (nSPS) is 10.9. The summed E-state index contributed by atoms with van der Waals surface area (Å²) >= 11 is 0. The summed E-state index contributed by atoms with van der Waals surface area (Å²) in [7, 11) is 7.51.